The first-order valence-corrected chi connectivity index (χ1v) is 6.58. The van der Waals surface area contributed by atoms with Crippen molar-refractivity contribution >= 4 is 23.2 Å². The van der Waals surface area contributed by atoms with Crippen LogP contribution in [0.15, 0.2) is 18.2 Å². The Bertz CT molecular complexity index is 602. The number of piperazine rings is 1. The van der Waals surface area contributed by atoms with Crippen LogP contribution >= 0.6 is 0 Å². The zero-order valence-corrected chi connectivity index (χ0v) is 11.5. The Labute approximate surface area is 121 Å². The molecule has 1 fully saturated rings. The van der Waals surface area contributed by atoms with Crippen LogP contribution in [0.1, 0.15) is 23.7 Å². The van der Waals surface area contributed by atoms with E-state index < -0.39 is 16.9 Å². The van der Waals surface area contributed by atoms with Crippen LogP contribution in [0.2, 0.25) is 0 Å². The molecular formula is C13H16N4O4. The second-order valence-electron chi connectivity index (χ2n) is 4.74. The lowest BCUT2D eigenvalue weighted by atomic mass is 10.1. The van der Waals surface area contributed by atoms with Crippen LogP contribution in [0.4, 0.5) is 11.4 Å². The van der Waals surface area contributed by atoms with E-state index in [0.29, 0.717) is 19.5 Å². The average molecular weight is 292 g/mol. The molecule has 0 bridgehead atoms. The molecule has 1 saturated heterocycles. The van der Waals surface area contributed by atoms with Crippen molar-refractivity contribution in [3.05, 3.63) is 33.9 Å². The molecule has 8 nitrogen and oxygen atoms in total. The van der Waals surface area contributed by atoms with E-state index in [-0.39, 0.29) is 22.8 Å². The highest BCUT2D eigenvalue weighted by Crippen LogP contribution is 2.23. The van der Waals surface area contributed by atoms with Crippen molar-refractivity contribution in [2.75, 3.05) is 18.8 Å². The molecule has 0 aromatic heterocycles. The molecule has 1 aliphatic heterocycles. The first-order chi connectivity index (χ1) is 9.95. The summed E-state index contributed by atoms with van der Waals surface area (Å²) < 4.78 is 0. The molecule has 21 heavy (non-hydrogen) atoms. The number of nitrogens with one attached hydrogen (secondary N) is 1. The minimum absolute atomic E-state index is 0.0531. The molecule has 1 aliphatic rings. The van der Waals surface area contributed by atoms with E-state index in [2.05, 4.69) is 5.32 Å². The molecule has 2 amide bonds. The number of nitro groups is 1. The Morgan fingerprint density at radius 1 is 1.57 bits per heavy atom. The van der Waals surface area contributed by atoms with Crippen molar-refractivity contribution in [1.29, 1.82) is 0 Å². The van der Waals surface area contributed by atoms with Crippen LogP contribution in [0.5, 0.6) is 0 Å². The monoisotopic (exact) mass is 292 g/mol. The summed E-state index contributed by atoms with van der Waals surface area (Å²) in [7, 11) is 0. The first-order valence-electron chi connectivity index (χ1n) is 6.58. The number of carbonyl (C=O) groups excluding carboxylic acids is 2. The lowest BCUT2D eigenvalue weighted by molar-refractivity contribution is -0.384. The fourth-order valence-corrected chi connectivity index (χ4v) is 2.36. The summed E-state index contributed by atoms with van der Waals surface area (Å²) in [4.78, 5) is 36.0. The van der Waals surface area contributed by atoms with Gasteiger partial charge in [-0.05, 0) is 12.5 Å². The molecule has 1 atom stereocenters. The molecule has 1 aromatic carbocycles. The van der Waals surface area contributed by atoms with Gasteiger partial charge in [0.25, 0.3) is 11.6 Å². The fraction of sp³-hybridized carbons (Fsp3) is 0.385. The van der Waals surface area contributed by atoms with Crippen LogP contribution in [0.3, 0.4) is 0 Å². The van der Waals surface area contributed by atoms with E-state index in [0.717, 1.165) is 6.07 Å². The highest BCUT2D eigenvalue weighted by molar-refractivity contribution is 6.02. The number of benzene rings is 1. The number of carbonyl (C=O) groups is 2. The predicted octanol–water partition coefficient (Wildman–Crippen LogP) is 0.528. The Balaban J connectivity index is 2.36. The van der Waals surface area contributed by atoms with Gasteiger partial charge in [-0.2, -0.15) is 0 Å². The molecular weight excluding hydrogens is 276 g/mol. The SMILES string of the molecule is CCC1C(=O)NCCN1C(=O)c1cc([N+](=O)[O-])ccc1N. The highest BCUT2D eigenvalue weighted by Gasteiger charge is 2.33. The summed E-state index contributed by atoms with van der Waals surface area (Å²) in [5, 5.41) is 13.5. The normalized spacial score (nSPS) is 18.2. The first kappa shape index (κ1) is 14.8. The topological polar surface area (TPSA) is 119 Å². The number of amides is 2. The number of nitrogens with two attached hydrogens (primary N) is 1. The van der Waals surface area contributed by atoms with Crippen LogP contribution in [-0.4, -0.2) is 40.8 Å². The predicted molar refractivity (Wildman–Crippen MR) is 75.6 cm³/mol. The quantitative estimate of drug-likeness (QED) is 0.478. The van der Waals surface area contributed by atoms with Crippen molar-refractivity contribution in [3.8, 4) is 0 Å². The number of hydrogen-bond donors (Lipinski definition) is 2. The van der Waals surface area contributed by atoms with Crippen LogP contribution in [-0.2, 0) is 4.79 Å². The smallest absolute Gasteiger partial charge is 0.270 e. The molecule has 2 rings (SSSR count). The van der Waals surface area contributed by atoms with Gasteiger partial charge < -0.3 is 16.0 Å². The molecule has 8 heteroatoms. The minimum atomic E-state index is -0.587. The number of non-ortho nitro benzene ring substituents is 1. The van der Waals surface area contributed by atoms with E-state index in [1.165, 1.54) is 17.0 Å². The number of anilines is 1. The maximum absolute atomic E-state index is 12.6. The summed E-state index contributed by atoms with van der Waals surface area (Å²) in [5.41, 5.74) is 5.75. The van der Waals surface area contributed by atoms with Crippen molar-refractivity contribution < 1.29 is 14.5 Å². The Hall–Kier alpha value is -2.64. The molecule has 3 N–H and O–H groups in total. The zero-order valence-electron chi connectivity index (χ0n) is 11.5. The van der Waals surface area contributed by atoms with Gasteiger partial charge in [-0.1, -0.05) is 6.92 Å². The van der Waals surface area contributed by atoms with E-state index in [1.54, 1.807) is 6.92 Å². The largest absolute Gasteiger partial charge is 0.398 e. The number of rotatable bonds is 3. The highest BCUT2D eigenvalue weighted by atomic mass is 16.6. The summed E-state index contributed by atoms with van der Waals surface area (Å²) in [6, 6.07) is 3.14. The van der Waals surface area contributed by atoms with Crippen LogP contribution < -0.4 is 11.1 Å². The summed E-state index contributed by atoms with van der Waals surface area (Å²) >= 11 is 0. The van der Waals surface area contributed by atoms with Crippen LogP contribution in [0, 0.1) is 10.1 Å². The Kier molecular flexibility index (Phi) is 4.06. The van der Waals surface area contributed by atoms with E-state index in [1.807, 2.05) is 0 Å². The molecule has 0 radical (unpaired) electrons. The maximum Gasteiger partial charge on any atom is 0.270 e. The number of nitro benzene ring substituents is 1. The van der Waals surface area contributed by atoms with Crippen LogP contribution in [0.25, 0.3) is 0 Å². The van der Waals surface area contributed by atoms with Gasteiger partial charge >= 0.3 is 0 Å². The maximum atomic E-state index is 12.6. The third kappa shape index (κ3) is 2.78. The van der Waals surface area contributed by atoms with Crippen molar-refractivity contribution in [2.24, 2.45) is 0 Å². The van der Waals surface area contributed by atoms with Gasteiger partial charge in [0.2, 0.25) is 5.91 Å². The summed E-state index contributed by atoms with van der Waals surface area (Å²) in [5.74, 6) is -0.681. The fourth-order valence-electron chi connectivity index (χ4n) is 2.36. The molecule has 0 aliphatic carbocycles. The number of nitrogen functional groups attached to an aromatic ring is 1. The molecule has 0 saturated carbocycles. The van der Waals surface area contributed by atoms with E-state index in [9.17, 15) is 19.7 Å². The summed E-state index contributed by atoms with van der Waals surface area (Å²) in [6.07, 6.45) is 0.465. The molecule has 1 aromatic rings. The Morgan fingerprint density at radius 3 is 2.90 bits per heavy atom. The molecule has 0 spiro atoms. The van der Waals surface area contributed by atoms with Gasteiger partial charge in [0, 0.05) is 30.9 Å². The third-order valence-electron chi connectivity index (χ3n) is 3.46. The minimum Gasteiger partial charge on any atom is -0.398 e. The van der Waals surface area contributed by atoms with Gasteiger partial charge in [0.1, 0.15) is 6.04 Å². The molecule has 112 valence electrons. The van der Waals surface area contributed by atoms with Gasteiger partial charge in [-0.3, -0.25) is 19.7 Å². The second kappa shape index (κ2) is 5.78. The standard InChI is InChI=1S/C13H16N4O4/c1-2-11-12(18)15-5-6-16(11)13(19)9-7-8(17(20)21)3-4-10(9)14/h3-4,7,11H,2,5-6,14H2,1H3,(H,15,18). The second-order valence-corrected chi connectivity index (χ2v) is 4.74. The number of nitrogens with zero attached hydrogens (tertiary/aromatic N) is 2. The Morgan fingerprint density at radius 2 is 2.29 bits per heavy atom. The van der Waals surface area contributed by atoms with E-state index >= 15 is 0 Å². The third-order valence-corrected chi connectivity index (χ3v) is 3.46. The van der Waals surface area contributed by atoms with Crippen molar-refractivity contribution in [2.45, 2.75) is 19.4 Å². The lowest BCUT2D eigenvalue weighted by Crippen LogP contribution is -2.57. The van der Waals surface area contributed by atoms with Crippen molar-refractivity contribution in [3.63, 3.8) is 0 Å². The molecule has 1 heterocycles. The number of hydrogen-bond acceptors (Lipinski definition) is 5. The molecule has 1 unspecified atom stereocenters. The van der Waals surface area contributed by atoms with Gasteiger partial charge in [0.05, 0.1) is 10.5 Å². The zero-order chi connectivity index (χ0) is 15.6. The van der Waals surface area contributed by atoms with Gasteiger partial charge in [0.15, 0.2) is 0 Å². The van der Waals surface area contributed by atoms with Gasteiger partial charge in [-0.25, -0.2) is 0 Å². The average Bonchev–Trinajstić information content (AvgIpc) is 2.46. The van der Waals surface area contributed by atoms with E-state index in [4.69, 9.17) is 5.73 Å². The summed E-state index contributed by atoms with van der Waals surface area (Å²) in [6.45, 7) is 2.51. The van der Waals surface area contributed by atoms with Crippen molar-refractivity contribution in [1.82, 2.24) is 10.2 Å². The van der Waals surface area contributed by atoms with Gasteiger partial charge in [-0.15, -0.1) is 0 Å². The lowest BCUT2D eigenvalue weighted by Gasteiger charge is -2.34.